The Labute approximate surface area is 273 Å². The van der Waals surface area contributed by atoms with Gasteiger partial charge in [0.2, 0.25) is 0 Å². The van der Waals surface area contributed by atoms with Crippen LogP contribution in [-0.4, -0.2) is 51.4 Å². The van der Waals surface area contributed by atoms with E-state index in [1.165, 1.54) is 4.57 Å². The van der Waals surface area contributed by atoms with Gasteiger partial charge in [0.15, 0.2) is 0 Å². The number of alkyl carbamates (subject to hydrolysis) is 1. The lowest BCUT2D eigenvalue weighted by molar-refractivity contribution is 0.00752. The zero-order valence-electron chi connectivity index (χ0n) is 26.6. The van der Waals surface area contributed by atoms with E-state index in [2.05, 4.69) is 29.6 Å². The third-order valence-electron chi connectivity index (χ3n) is 8.68. The van der Waals surface area contributed by atoms with Crippen molar-refractivity contribution in [2.24, 2.45) is 0 Å². The third kappa shape index (κ3) is 6.33. The van der Waals surface area contributed by atoms with E-state index in [0.717, 1.165) is 35.1 Å². The summed E-state index contributed by atoms with van der Waals surface area (Å²) in [4.78, 5) is 47.0. The predicted octanol–water partition coefficient (Wildman–Crippen LogP) is 7.44. The minimum Gasteiger partial charge on any atom is -0.449 e. The summed E-state index contributed by atoms with van der Waals surface area (Å²) in [7, 11) is 0. The van der Waals surface area contributed by atoms with E-state index in [1.807, 2.05) is 45.0 Å². The van der Waals surface area contributed by atoms with Crippen LogP contribution in [0.1, 0.15) is 75.9 Å². The average Bonchev–Trinajstić information content (AvgIpc) is 3.34. The Morgan fingerprint density at radius 2 is 1.67 bits per heavy atom. The van der Waals surface area contributed by atoms with Crippen molar-refractivity contribution < 1.29 is 19.1 Å². The number of nitrogens with zero attached hydrogens (tertiary/aromatic N) is 3. The Balaban J connectivity index is 1.25. The van der Waals surface area contributed by atoms with E-state index in [9.17, 15) is 14.4 Å². The number of halogens is 1. The summed E-state index contributed by atoms with van der Waals surface area (Å²) in [6, 6.07) is 20.4. The fourth-order valence-corrected chi connectivity index (χ4v) is 6.84. The molecule has 1 aromatic heterocycles. The molecule has 1 aliphatic heterocycles. The summed E-state index contributed by atoms with van der Waals surface area (Å²) in [5.41, 5.74) is 3.97. The highest BCUT2D eigenvalue weighted by Crippen LogP contribution is 2.44. The smallest absolute Gasteiger partial charge is 0.410 e. The van der Waals surface area contributed by atoms with Gasteiger partial charge in [-0.15, -0.1) is 0 Å². The number of fused-ring (bicyclic) bond motifs is 4. The molecule has 1 N–H and O–H groups in total. The van der Waals surface area contributed by atoms with Crippen molar-refractivity contribution in [2.45, 2.75) is 77.1 Å². The molecule has 1 unspecified atom stereocenters. The van der Waals surface area contributed by atoms with Gasteiger partial charge in [-0.2, -0.15) is 0 Å². The van der Waals surface area contributed by atoms with Crippen LogP contribution in [0, 0.1) is 0 Å². The molecule has 10 heteroatoms. The molecule has 1 saturated heterocycles. The van der Waals surface area contributed by atoms with Crippen LogP contribution < -0.4 is 10.9 Å². The molecule has 0 radical (unpaired) electrons. The Morgan fingerprint density at radius 1 is 1.00 bits per heavy atom. The number of benzene rings is 3. The fourth-order valence-electron chi connectivity index (χ4n) is 6.59. The molecule has 9 nitrogen and oxygen atoms in total. The molecule has 3 aromatic carbocycles. The van der Waals surface area contributed by atoms with Gasteiger partial charge in [0.1, 0.15) is 18.0 Å². The molecule has 2 heterocycles. The number of carbonyl (C=O) groups is 2. The molecule has 1 aliphatic carbocycles. The van der Waals surface area contributed by atoms with Gasteiger partial charge < -0.3 is 19.7 Å². The van der Waals surface area contributed by atoms with Crippen molar-refractivity contribution in [1.29, 1.82) is 0 Å². The molecule has 2 amide bonds. The molecule has 0 bridgehead atoms. The Bertz CT molecular complexity index is 1800. The summed E-state index contributed by atoms with van der Waals surface area (Å²) < 4.78 is 13.0. The standard InChI is InChI=1S/C36H39ClN4O5/c1-22(38-34(43)45-21-28-26-15-7-5-13-24(26)25-14-6-8-16-27(25)28)32-39-30-18-11-17-29(37)31(30)33(42)41(32)20-23-12-9-10-19-40(23)35(44)46-36(2,3)4/h5-8,11,13-18,22-23,28H,9-10,12,19-21H2,1-4H3,(H,38,43)/t22-,23?/m0/s1. The van der Waals surface area contributed by atoms with Crippen molar-refractivity contribution in [3.05, 3.63) is 99.1 Å². The molecular formula is C36H39ClN4O5. The lowest BCUT2D eigenvalue weighted by atomic mass is 9.98. The molecule has 240 valence electrons. The molecule has 2 atom stereocenters. The van der Waals surface area contributed by atoms with Crippen molar-refractivity contribution >= 4 is 34.7 Å². The number of nitrogens with one attached hydrogen (secondary N) is 1. The maximum Gasteiger partial charge on any atom is 0.410 e. The quantitative estimate of drug-likeness (QED) is 0.235. The largest absolute Gasteiger partial charge is 0.449 e. The third-order valence-corrected chi connectivity index (χ3v) is 8.99. The number of rotatable bonds is 6. The summed E-state index contributed by atoms with van der Waals surface area (Å²) >= 11 is 6.49. The van der Waals surface area contributed by atoms with Gasteiger partial charge in [-0.05, 0) is 81.3 Å². The van der Waals surface area contributed by atoms with Crippen LogP contribution >= 0.6 is 11.6 Å². The van der Waals surface area contributed by atoms with E-state index < -0.39 is 23.8 Å². The lowest BCUT2D eigenvalue weighted by Gasteiger charge is -2.37. The van der Waals surface area contributed by atoms with Crippen molar-refractivity contribution in [1.82, 2.24) is 19.8 Å². The Hall–Kier alpha value is -4.37. The number of piperidine rings is 1. The molecule has 2 aliphatic rings. The van der Waals surface area contributed by atoms with Crippen LogP contribution in [0.5, 0.6) is 0 Å². The molecule has 0 spiro atoms. The number of amides is 2. The number of ether oxygens (including phenoxy) is 2. The number of hydrogen-bond donors (Lipinski definition) is 1. The first-order valence-corrected chi connectivity index (χ1v) is 16.2. The number of hydrogen-bond acceptors (Lipinski definition) is 6. The Kier molecular flexibility index (Phi) is 8.79. The molecule has 4 aromatic rings. The van der Waals surface area contributed by atoms with Crippen molar-refractivity contribution in [3.8, 4) is 11.1 Å². The van der Waals surface area contributed by atoms with Gasteiger partial charge >= 0.3 is 12.2 Å². The first-order valence-electron chi connectivity index (χ1n) is 15.8. The van der Waals surface area contributed by atoms with E-state index in [-0.39, 0.29) is 30.7 Å². The highest BCUT2D eigenvalue weighted by atomic mass is 35.5. The molecular weight excluding hydrogens is 604 g/mol. The number of likely N-dealkylation sites (tertiary alicyclic amines) is 1. The molecule has 0 saturated carbocycles. The van der Waals surface area contributed by atoms with E-state index >= 15 is 0 Å². The number of carbonyl (C=O) groups excluding carboxylic acids is 2. The Morgan fingerprint density at radius 3 is 2.35 bits per heavy atom. The topological polar surface area (TPSA) is 103 Å². The summed E-state index contributed by atoms with van der Waals surface area (Å²) in [6.45, 7) is 8.13. The van der Waals surface area contributed by atoms with Crippen LogP contribution in [-0.2, 0) is 16.0 Å². The fraction of sp³-hybridized carbons (Fsp3) is 0.389. The first kappa shape index (κ1) is 31.6. The van der Waals surface area contributed by atoms with E-state index in [0.29, 0.717) is 34.7 Å². The second-order valence-electron chi connectivity index (χ2n) is 13.0. The predicted molar refractivity (Wildman–Crippen MR) is 178 cm³/mol. The first-order chi connectivity index (χ1) is 22.0. The SMILES string of the molecule is C[C@H](NC(=O)OCC1c2ccccc2-c2ccccc21)c1nc2cccc(Cl)c2c(=O)n1CC1CCCCN1C(=O)OC(C)(C)C. The molecule has 1 fully saturated rings. The molecule has 46 heavy (non-hydrogen) atoms. The highest BCUT2D eigenvalue weighted by Gasteiger charge is 2.33. The maximum atomic E-state index is 14.0. The van der Waals surface area contributed by atoms with Crippen LogP contribution in [0.25, 0.3) is 22.0 Å². The molecule has 6 rings (SSSR count). The summed E-state index contributed by atoms with van der Waals surface area (Å²) in [6.07, 6.45) is 1.42. The monoisotopic (exact) mass is 642 g/mol. The normalized spacial score (nSPS) is 16.9. The van der Waals surface area contributed by atoms with Gasteiger partial charge in [0.05, 0.1) is 28.0 Å². The maximum absolute atomic E-state index is 14.0. The zero-order chi connectivity index (χ0) is 32.6. The van der Waals surface area contributed by atoms with Crippen LogP contribution in [0.4, 0.5) is 9.59 Å². The van der Waals surface area contributed by atoms with Crippen LogP contribution in [0.2, 0.25) is 5.02 Å². The summed E-state index contributed by atoms with van der Waals surface area (Å²) in [5, 5.41) is 3.48. The number of aromatic nitrogens is 2. The van der Waals surface area contributed by atoms with Crippen molar-refractivity contribution in [3.63, 3.8) is 0 Å². The van der Waals surface area contributed by atoms with Gasteiger partial charge in [-0.1, -0.05) is 66.2 Å². The van der Waals surface area contributed by atoms with Gasteiger partial charge in [-0.3, -0.25) is 9.36 Å². The van der Waals surface area contributed by atoms with E-state index in [1.54, 1.807) is 30.0 Å². The minimum absolute atomic E-state index is 0.0855. The van der Waals surface area contributed by atoms with Gasteiger partial charge in [0, 0.05) is 19.0 Å². The van der Waals surface area contributed by atoms with Crippen LogP contribution in [0.15, 0.2) is 71.5 Å². The average molecular weight is 643 g/mol. The lowest BCUT2D eigenvalue weighted by Crippen LogP contribution is -2.49. The van der Waals surface area contributed by atoms with Crippen molar-refractivity contribution in [2.75, 3.05) is 13.2 Å². The highest BCUT2D eigenvalue weighted by molar-refractivity contribution is 6.35. The van der Waals surface area contributed by atoms with E-state index in [4.69, 9.17) is 26.1 Å². The summed E-state index contributed by atoms with van der Waals surface area (Å²) in [5.74, 6) is 0.265. The second-order valence-corrected chi connectivity index (χ2v) is 13.4. The van der Waals surface area contributed by atoms with Gasteiger partial charge in [0.25, 0.3) is 5.56 Å². The second kappa shape index (κ2) is 12.8. The zero-order valence-corrected chi connectivity index (χ0v) is 27.3. The minimum atomic E-state index is -0.690. The van der Waals surface area contributed by atoms with Gasteiger partial charge in [-0.25, -0.2) is 14.6 Å². The van der Waals surface area contributed by atoms with Crippen LogP contribution in [0.3, 0.4) is 0 Å².